The molecule has 3 unspecified atom stereocenters. The summed E-state index contributed by atoms with van der Waals surface area (Å²) in [7, 11) is -2.32. The van der Waals surface area contributed by atoms with Crippen LogP contribution in [0.5, 0.6) is 0 Å². The van der Waals surface area contributed by atoms with E-state index >= 15 is 0 Å². The summed E-state index contributed by atoms with van der Waals surface area (Å²) < 4.78 is 23.6. The molecule has 1 N–H and O–H groups in total. The average molecular weight is 276 g/mol. The number of amides is 1. The molecule has 100 valence electrons. The van der Waals surface area contributed by atoms with Gasteiger partial charge in [0.2, 0.25) is 15.9 Å². The number of hydrogen-bond donors (Lipinski definition) is 1. The highest BCUT2D eigenvalue weighted by Crippen LogP contribution is 2.36. The Labute approximate surface area is 103 Å². The predicted octanol–water partition coefficient (Wildman–Crippen LogP) is -2.12. The Hall–Kier alpha value is -1.48. The van der Waals surface area contributed by atoms with E-state index < -0.39 is 45.8 Å². The minimum atomic E-state index is -3.56. The Bertz CT molecular complexity index is 541. The van der Waals surface area contributed by atoms with E-state index in [0.29, 0.717) is 0 Å². The van der Waals surface area contributed by atoms with Crippen molar-refractivity contribution in [1.29, 1.82) is 0 Å². The highest BCUT2D eigenvalue weighted by Gasteiger charge is 2.62. The number of carbonyl (C=O) groups is 3. The molecular formula is C9H12N2O6S. The first kappa shape index (κ1) is 13.0. The van der Waals surface area contributed by atoms with E-state index in [4.69, 9.17) is 5.11 Å². The molecule has 9 heteroatoms. The molecule has 1 amide bonds. The van der Waals surface area contributed by atoms with Crippen LogP contribution in [0.15, 0.2) is 0 Å². The van der Waals surface area contributed by atoms with Crippen LogP contribution in [0.2, 0.25) is 0 Å². The van der Waals surface area contributed by atoms with Gasteiger partial charge in [0, 0.05) is 13.5 Å². The number of rotatable bonds is 3. The van der Waals surface area contributed by atoms with Crippen molar-refractivity contribution in [2.45, 2.75) is 24.5 Å². The van der Waals surface area contributed by atoms with Crippen molar-refractivity contribution in [3.05, 3.63) is 0 Å². The summed E-state index contributed by atoms with van der Waals surface area (Å²) >= 11 is 0. The zero-order valence-electron chi connectivity index (χ0n) is 9.73. The molecule has 0 saturated carbocycles. The quantitative estimate of drug-likeness (QED) is 0.466. The van der Waals surface area contributed by atoms with Gasteiger partial charge in [0.1, 0.15) is 6.04 Å². The second-order valence-corrected chi connectivity index (χ2v) is 6.49. The number of aliphatic carboxylic acids is 1. The van der Waals surface area contributed by atoms with Gasteiger partial charge in [0.25, 0.3) is 0 Å². The summed E-state index contributed by atoms with van der Waals surface area (Å²) in [6, 6.07) is -3.09. The average Bonchev–Trinajstić information content (AvgIpc) is 2.51. The predicted molar refractivity (Wildman–Crippen MR) is 58.1 cm³/mol. The van der Waals surface area contributed by atoms with Gasteiger partial charge in [-0.3, -0.25) is 9.59 Å². The SMILES string of the molecule is CN(C1C(=O)N2C(C(=O)O)C(=O)CC12)S(C)(=O)=O. The number of carboxylic acids is 1. The molecule has 3 atom stereocenters. The Morgan fingerprint density at radius 2 is 2.00 bits per heavy atom. The second kappa shape index (κ2) is 3.75. The van der Waals surface area contributed by atoms with Gasteiger partial charge >= 0.3 is 5.97 Å². The first-order valence-corrected chi connectivity index (χ1v) is 7.02. The van der Waals surface area contributed by atoms with Crippen molar-refractivity contribution in [1.82, 2.24) is 9.21 Å². The summed E-state index contributed by atoms with van der Waals surface area (Å²) in [4.78, 5) is 35.1. The van der Waals surface area contributed by atoms with E-state index in [1.54, 1.807) is 0 Å². The number of hydrogen-bond acceptors (Lipinski definition) is 5. The number of fused-ring (bicyclic) bond motifs is 1. The van der Waals surface area contributed by atoms with E-state index in [9.17, 15) is 22.8 Å². The molecule has 2 saturated heterocycles. The standard InChI is InChI=1S/C9H12N2O6S/c1-10(18(2,16)17)6-4-3-5(12)7(9(14)15)11(4)8(6)13/h4,6-7H,3H2,1-2H3,(H,14,15). The first-order valence-electron chi connectivity index (χ1n) is 5.17. The smallest absolute Gasteiger partial charge is 0.334 e. The Morgan fingerprint density at radius 3 is 2.44 bits per heavy atom. The van der Waals surface area contributed by atoms with Crippen molar-refractivity contribution in [2.75, 3.05) is 13.3 Å². The van der Waals surface area contributed by atoms with E-state index in [1.165, 1.54) is 7.05 Å². The Balaban J connectivity index is 2.27. The van der Waals surface area contributed by atoms with Crippen LogP contribution in [0.1, 0.15) is 6.42 Å². The molecule has 8 nitrogen and oxygen atoms in total. The number of nitrogens with zero attached hydrogens (tertiary/aromatic N) is 2. The van der Waals surface area contributed by atoms with Crippen LogP contribution in [0, 0.1) is 0 Å². The first-order chi connectivity index (χ1) is 8.16. The van der Waals surface area contributed by atoms with Crippen LogP contribution in [-0.4, -0.2) is 71.8 Å². The van der Waals surface area contributed by atoms with Crippen molar-refractivity contribution in [3.8, 4) is 0 Å². The number of likely N-dealkylation sites (N-methyl/N-ethyl adjacent to an activating group) is 1. The van der Waals surface area contributed by atoms with Gasteiger partial charge in [-0.25, -0.2) is 13.2 Å². The van der Waals surface area contributed by atoms with E-state index in [1.807, 2.05) is 0 Å². The van der Waals surface area contributed by atoms with Gasteiger partial charge < -0.3 is 10.0 Å². The summed E-state index contributed by atoms with van der Waals surface area (Å²) in [5.74, 6) is -2.58. The molecule has 18 heavy (non-hydrogen) atoms. The third-order valence-corrected chi connectivity index (χ3v) is 4.64. The Morgan fingerprint density at radius 1 is 1.44 bits per heavy atom. The van der Waals surface area contributed by atoms with Crippen molar-refractivity contribution >= 4 is 27.7 Å². The Kier molecular flexibility index (Phi) is 2.70. The molecule has 2 aliphatic rings. The normalized spacial score (nSPS) is 31.5. The fraction of sp³-hybridized carbons (Fsp3) is 0.667. The number of carboxylic acid groups (broad SMARTS) is 1. The van der Waals surface area contributed by atoms with E-state index in [-0.39, 0.29) is 6.42 Å². The van der Waals surface area contributed by atoms with E-state index in [2.05, 4.69) is 0 Å². The fourth-order valence-electron chi connectivity index (χ4n) is 2.41. The third kappa shape index (κ3) is 1.62. The van der Waals surface area contributed by atoms with Crippen LogP contribution in [-0.2, 0) is 24.4 Å². The highest BCUT2D eigenvalue weighted by atomic mass is 32.2. The van der Waals surface area contributed by atoms with Gasteiger partial charge in [-0.05, 0) is 0 Å². The number of carbonyl (C=O) groups excluding carboxylic acids is 2. The minimum absolute atomic E-state index is 0.118. The van der Waals surface area contributed by atoms with Gasteiger partial charge in [0.15, 0.2) is 11.8 Å². The van der Waals surface area contributed by atoms with Crippen molar-refractivity contribution < 1.29 is 27.9 Å². The molecule has 0 aliphatic carbocycles. The molecule has 0 radical (unpaired) electrons. The number of sulfonamides is 1. The van der Waals surface area contributed by atoms with Crippen LogP contribution in [0.3, 0.4) is 0 Å². The molecule has 0 bridgehead atoms. The molecule has 2 aliphatic heterocycles. The van der Waals surface area contributed by atoms with Crippen molar-refractivity contribution in [3.63, 3.8) is 0 Å². The molecule has 2 rings (SSSR count). The minimum Gasteiger partial charge on any atom is -0.479 e. The van der Waals surface area contributed by atoms with Gasteiger partial charge in [-0.15, -0.1) is 0 Å². The molecule has 0 aromatic rings. The lowest BCUT2D eigenvalue weighted by Gasteiger charge is -2.46. The molecular weight excluding hydrogens is 264 g/mol. The van der Waals surface area contributed by atoms with E-state index in [0.717, 1.165) is 15.5 Å². The van der Waals surface area contributed by atoms with Crippen LogP contribution in [0.4, 0.5) is 0 Å². The summed E-state index contributed by atoms with van der Waals surface area (Å²) in [5, 5.41) is 8.86. The van der Waals surface area contributed by atoms with Gasteiger partial charge in [-0.1, -0.05) is 0 Å². The maximum Gasteiger partial charge on any atom is 0.334 e. The van der Waals surface area contributed by atoms with Gasteiger partial charge in [0.05, 0.1) is 12.3 Å². The molecule has 0 aromatic heterocycles. The number of ketones is 1. The zero-order chi connectivity index (χ0) is 13.8. The zero-order valence-corrected chi connectivity index (χ0v) is 10.5. The monoisotopic (exact) mass is 276 g/mol. The topological polar surface area (TPSA) is 112 Å². The molecule has 2 fully saturated rings. The van der Waals surface area contributed by atoms with Crippen LogP contribution < -0.4 is 0 Å². The second-order valence-electron chi connectivity index (χ2n) is 4.45. The van der Waals surface area contributed by atoms with Gasteiger partial charge in [-0.2, -0.15) is 4.31 Å². The number of Topliss-reactive ketones (excluding diaryl/α,β-unsaturated/α-hetero) is 1. The lowest BCUT2D eigenvalue weighted by atomic mass is 9.96. The summed E-state index contributed by atoms with van der Waals surface area (Å²) in [6.45, 7) is 0. The fourth-order valence-corrected chi connectivity index (χ4v) is 3.06. The maximum atomic E-state index is 11.8. The lowest BCUT2D eigenvalue weighted by Crippen LogP contribution is -2.70. The van der Waals surface area contributed by atoms with Crippen LogP contribution in [0.25, 0.3) is 0 Å². The highest BCUT2D eigenvalue weighted by molar-refractivity contribution is 7.88. The molecule has 2 heterocycles. The maximum absolute atomic E-state index is 11.8. The lowest BCUT2D eigenvalue weighted by molar-refractivity contribution is -0.163. The molecule has 0 spiro atoms. The summed E-state index contributed by atoms with van der Waals surface area (Å²) in [6.07, 6.45) is 0.835. The van der Waals surface area contributed by atoms with Crippen molar-refractivity contribution in [2.24, 2.45) is 0 Å². The summed E-state index contributed by atoms with van der Waals surface area (Å²) in [5.41, 5.74) is 0. The third-order valence-electron chi connectivity index (χ3n) is 3.37. The van der Waals surface area contributed by atoms with Crippen LogP contribution >= 0.6 is 0 Å². The largest absolute Gasteiger partial charge is 0.479 e. The number of β-lactam (4-membered cyclic amide) rings is 1. The molecule has 0 aromatic carbocycles.